The number of nitrogens with zero attached hydrogens (tertiary/aromatic N) is 1. The lowest BCUT2D eigenvalue weighted by Crippen LogP contribution is -2.33. The van der Waals surface area contributed by atoms with Crippen LogP contribution in [0.2, 0.25) is 0 Å². The molecule has 1 atom stereocenters. The van der Waals surface area contributed by atoms with E-state index < -0.39 is 64.4 Å². The van der Waals surface area contributed by atoms with Crippen molar-refractivity contribution in [3.05, 3.63) is 58.7 Å². The summed E-state index contributed by atoms with van der Waals surface area (Å²) < 4.78 is 90.5. The zero-order chi connectivity index (χ0) is 23.7. The molecule has 0 radical (unpaired) electrons. The summed E-state index contributed by atoms with van der Waals surface area (Å²) in [5.74, 6) is -17.3. The molecule has 0 aromatic heterocycles. The predicted octanol–water partition coefficient (Wildman–Crippen LogP) is 3.20. The van der Waals surface area contributed by atoms with Gasteiger partial charge in [0.2, 0.25) is 40.7 Å². The summed E-state index contributed by atoms with van der Waals surface area (Å²) in [4.78, 5) is 36.0. The predicted molar refractivity (Wildman–Crippen MR) is 93.9 cm³/mol. The molecule has 32 heavy (non-hydrogen) atoms. The van der Waals surface area contributed by atoms with Gasteiger partial charge in [0.05, 0.1) is 24.3 Å². The third-order valence-corrected chi connectivity index (χ3v) is 4.30. The maximum atomic E-state index is 14.4. The van der Waals surface area contributed by atoms with E-state index in [-0.39, 0.29) is 24.7 Å². The molecule has 1 aliphatic heterocycles. The molecule has 7 nitrogen and oxygen atoms in total. The number of hydrogen-bond acceptors (Lipinski definition) is 5. The van der Waals surface area contributed by atoms with Crippen molar-refractivity contribution < 1.29 is 50.2 Å². The Balaban J connectivity index is 1.80. The molecule has 1 saturated heterocycles. The minimum Gasteiger partial charge on any atom is -0.442 e. The summed E-state index contributed by atoms with van der Waals surface area (Å²) in [5, 5.41) is 2.44. The second-order valence-corrected chi connectivity index (χ2v) is 6.51. The number of ether oxygens (including phenoxy) is 2. The summed E-state index contributed by atoms with van der Waals surface area (Å²) in [5.41, 5.74) is -0.967. The Morgan fingerprint density at radius 3 is 2.22 bits per heavy atom. The molecule has 1 fully saturated rings. The zero-order valence-corrected chi connectivity index (χ0v) is 16.0. The van der Waals surface area contributed by atoms with Crippen molar-refractivity contribution in [2.45, 2.75) is 13.0 Å². The number of anilines is 1. The molecule has 0 spiro atoms. The number of benzene rings is 2. The van der Waals surface area contributed by atoms with Gasteiger partial charge in [-0.05, 0) is 18.2 Å². The van der Waals surface area contributed by atoms with Gasteiger partial charge in [0.1, 0.15) is 11.9 Å². The van der Waals surface area contributed by atoms with Crippen LogP contribution in [0.1, 0.15) is 17.3 Å². The standard InChI is InChI=1S/C19H12F6N2O5/c1-7(28)26-5-9-6-27(19(30)31-9)8-2-3-10(11(20)4-8)18(29)32-17-15(24)13(22)12(21)14(23)16(17)25/h2-4,9H,5-6H2,1H3,(H,26,28). The highest BCUT2D eigenvalue weighted by Crippen LogP contribution is 2.30. The van der Waals surface area contributed by atoms with E-state index in [1.54, 1.807) is 0 Å². The fourth-order valence-electron chi connectivity index (χ4n) is 2.76. The first-order valence-corrected chi connectivity index (χ1v) is 8.77. The lowest BCUT2D eigenvalue weighted by atomic mass is 10.1. The van der Waals surface area contributed by atoms with E-state index in [0.29, 0.717) is 6.07 Å². The molecule has 170 valence electrons. The van der Waals surface area contributed by atoms with Crippen molar-refractivity contribution >= 4 is 23.7 Å². The van der Waals surface area contributed by atoms with Crippen LogP contribution in [0.3, 0.4) is 0 Å². The van der Waals surface area contributed by atoms with Gasteiger partial charge in [-0.3, -0.25) is 9.69 Å². The molecule has 2 aromatic rings. The number of esters is 1. The van der Waals surface area contributed by atoms with Crippen LogP contribution in [0.5, 0.6) is 5.75 Å². The number of carbonyl (C=O) groups excluding carboxylic acids is 3. The highest BCUT2D eigenvalue weighted by Gasteiger charge is 2.33. The van der Waals surface area contributed by atoms with E-state index in [1.165, 1.54) is 6.92 Å². The first-order valence-electron chi connectivity index (χ1n) is 8.77. The molecule has 1 N–H and O–H groups in total. The Labute approximate surface area is 175 Å². The summed E-state index contributed by atoms with van der Waals surface area (Å²) in [6, 6.07) is 2.56. The SMILES string of the molecule is CC(=O)NCC1CN(c2ccc(C(=O)Oc3c(F)c(F)c(F)c(F)c3F)c(F)c2)C(=O)O1. The highest BCUT2D eigenvalue weighted by atomic mass is 19.2. The number of cyclic esters (lactones) is 1. The van der Waals surface area contributed by atoms with Crippen LogP contribution in [0, 0.1) is 34.9 Å². The minimum absolute atomic E-state index is 0.00633. The molecule has 0 saturated carbocycles. The van der Waals surface area contributed by atoms with E-state index in [2.05, 4.69) is 10.1 Å². The van der Waals surface area contributed by atoms with Crippen molar-refractivity contribution in [2.75, 3.05) is 18.0 Å². The van der Waals surface area contributed by atoms with Crippen molar-refractivity contribution in [1.29, 1.82) is 0 Å². The minimum atomic E-state index is -2.45. The van der Waals surface area contributed by atoms with Gasteiger partial charge in [-0.1, -0.05) is 0 Å². The van der Waals surface area contributed by atoms with Crippen LogP contribution in [0.25, 0.3) is 0 Å². The van der Waals surface area contributed by atoms with E-state index in [1.807, 2.05) is 0 Å². The Hall–Kier alpha value is -3.77. The number of hydrogen-bond donors (Lipinski definition) is 1. The molecule has 1 aliphatic rings. The third-order valence-electron chi connectivity index (χ3n) is 4.30. The lowest BCUT2D eigenvalue weighted by molar-refractivity contribution is -0.119. The molecule has 13 heteroatoms. The monoisotopic (exact) mass is 462 g/mol. The summed E-state index contributed by atoms with van der Waals surface area (Å²) in [7, 11) is 0. The van der Waals surface area contributed by atoms with Crippen molar-refractivity contribution in [3.63, 3.8) is 0 Å². The first kappa shape index (κ1) is 22.9. The molecule has 0 aliphatic carbocycles. The van der Waals surface area contributed by atoms with Gasteiger partial charge in [0, 0.05) is 6.92 Å². The van der Waals surface area contributed by atoms with Crippen LogP contribution in [-0.4, -0.2) is 37.2 Å². The molecule has 2 amide bonds. The second kappa shape index (κ2) is 8.77. The molecule has 1 unspecified atom stereocenters. The van der Waals surface area contributed by atoms with E-state index >= 15 is 0 Å². The topological polar surface area (TPSA) is 84.9 Å². The zero-order valence-electron chi connectivity index (χ0n) is 16.0. The number of amides is 2. The Morgan fingerprint density at radius 2 is 1.66 bits per heavy atom. The fraction of sp³-hybridized carbons (Fsp3) is 0.211. The van der Waals surface area contributed by atoms with E-state index in [4.69, 9.17) is 4.74 Å². The third kappa shape index (κ3) is 4.31. The van der Waals surface area contributed by atoms with Crippen LogP contribution < -0.4 is 15.0 Å². The van der Waals surface area contributed by atoms with Gasteiger partial charge in [-0.15, -0.1) is 0 Å². The maximum absolute atomic E-state index is 14.4. The first-order chi connectivity index (χ1) is 15.0. The quantitative estimate of drug-likeness (QED) is 0.243. The number of halogens is 6. The highest BCUT2D eigenvalue weighted by molar-refractivity contribution is 5.94. The number of carbonyl (C=O) groups is 3. The van der Waals surface area contributed by atoms with E-state index in [0.717, 1.165) is 17.0 Å². The second-order valence-electron chi connectivity index (χ2n) is 6.51. The molecular formula is C19H12F6N2O5. The Bertz CT molecular complexity index is 1100. The molecule has 2 aromatic carbocycles. The fourth-order valence-corrected chi connectivity index (χ4v) is 2.76. The average Bonchev–Trinajstić information content (AvgIpc) is 3.12. The molecule has 1 heterocycles. The number of nitrogens with one attached hydrogen (secondary N) is 1. The molecular weight excluding hydrogens is 450 g/mol. The largest absolute Gasteiger partial charge is 0.442 e. The maximum Gasteiger partial charge on any atom is 0.414 e. The van der Waals surface area contributed by atoms with E-state index in [9.17, 15) is 40.7 Å². The van der Waals surface area contributed by atoms with Crippen LogP contribution >= 0.6 is 0 Å². The van der Waals surface area contributed by atoms with Gasteiger partial charge >= 0.3 is 12.1 Å². The summed E-state index contributed by atoms with van der Waals surface area (Å²) >= 11 is 0. The molecule has 3 rings (SSSR count). The number of rotatable bonds is 5. The Morgan fingerprint density at radius 1 is 1.06 bits per heavy atom. The van der Waals surface area contributed by atoms with Gasteiger partial charge in [0.15, 0.2) is 0 Å². The smallest absolute Gasteiger partial charge is 0.414 e. The average molecular weight is 462 g/mol. The van der Waals surface area contributed by atoms with Gasteiger partial charge in [-0.25, -0.2) is 27.2 Å². The van der Waals surface area contributed by atoms with Crippen LogP contribution in [0.15, 0.2) is 18.2 Å². The summed E-state index contributed by atoms with van der Waals surface area (Å²) in [6.07, 6.45) is -1.59. The van der Waals surface area contributed by atoms with Crippen molar-refractivity contribution in [2.24, 2.45) is 0 Å². The van der Waals surface area contributed by atoms with Gasteiger partial charge in [0.25, 0.3) is 0 Å². The van der Waals surface area contributed by atoms with Crippen LogP contribution in [0.4, 0.5) is 36.8 Å². The van der Waals surface area contributed by atoms with Crippen LogP contribution in [-0.2, 0) is 9.53 Å². The molecule has 0 bridgehead atoms. The van der Waals surface area contributed by atoms with Gasteiger partial charge < -0.3 is 14.8 Å². The van der Waals surface area contributed by atoms with Gasteiger partial charge in [-0.2, -0.15) is 8.78 Å². The summed E-state index contributed by atoms with van der Waals surface area (Å²) in [6.45, 7) is 1.20. The lowest BCUT2D eigenvalue weighted by Gasteiger charge is -2.14. The van der Waals surface area contributed by atoms with Crippen molar-refractivity contribution in [3.8, 4) is 5.75 Å². The Kier molecular flexibility index (Phi) is 6.27. The van der Waals surface area contributed by atoms with Crippen molar-refractivity contribution in [1.82, 2.24) is 5.32 Å². The normalized spacial score (nSPS) is 15.5.